The van der Waals surface area contributed by atoms with E-state index in [4.69, 9.17) is 0 Å². The topological polar surface area (TPSA) is 20.3 Å². The van der Waals surface area contributed by atoms with Crippen LogP contribution in [-0.4, -0.2) is 30.3 Å². The average molecular weight is 267 g/mol. The second kappa shape index (κ2) is 6.24. The average Bonchev–Trinajstić information content (AvgIpc) is 3.13. The quantitative estimate of drug-likeness (QED) is 0.707. The largest absolute Gasteiger partial charge is 0.296 e. The van der Waals surface area contributed by atoms with Gasteiger partial charge in [-0.3, -0.25) is 9.69 Å². The van der Waals surface area contributed by atoms with Gasteiger partial charge in [-0.1, -0.05) is 13.0 Å². The lowest BCUT2D eigenvalue weighted by Crippen LogP contribution is -2.33. The van der Waals surface area contributed by atoms with Crippen LogP contribution in [0, 0.1) is 17.6 Å². The van der Waals surface area contributed by atoms with Crippen LogP contribution in [0.1, 0.15) is 36.5 Å². The minimum atomic E-state index is -0.770. The van der Waals surface area contributed by atoms with E-state index in [1.54, 1.807) is 0 Å². The third-order valence-corrected chi connectivity index (χ3v) is 3.36. The smallest absolute Gasteiger partial charge is 0.182 e. The van der Waals surface area contributed by atoms with E-state index < -0.39 is 23.0 Å². The zero-order valence-electron chi connectivity index (χ0n) is 11.2. The van der Waals surface area contributed by atoms with Crippen LogP contribution in [0.5, 0.6) is 0 Å². The summed E-state index contributed by atoms with van der Waals surface area (Å²) in [4.78, 5) is 14.1. The van der Waals surface area contributed by atoms with Crippen LogP contribution in [0.15, 0.2) is 18.2 Å². The minimum Gasteiger partial charge on any atom is -0.296 e. The molecular weight excluding hydrogens is 248 g/mol. The van der Waals surface area contributed by atoms with Crippen molar-refractivity contribution < 1.29 is 13.6 Å². The van der Waals surface area contributed by atoms with Crippen molar-refractivity contribution in [3.05, 3.63) is 35.4 Å². The zero-order chi connectivity index (χ0) is 13.8. The Balaban J connectivity index is 2.05. The first-order chi connectivity index (χ1) is 9.11. The molecule has 0 atom stereocenters. The molecule has 0 amide bonds. The molecule has 1 aliphatic carbocycles. The Morgan fingerprint density at radius 3 is 2.47 bits per heavy atom. The molecule has 1 saturated carbocycles. The van der Waals surface area contributed by atoms with Crippen molar-refractivity contribution in [1.82, 2.24) is 4.90 Å². The second-order valence-electron chi connectivity index (χ2n) is 5.20. The molecule has 1 aromatic rings. The Morgan fingerprint density at radius 1 is 1.32 bits per heavy atom. The van der Waals surface area contributed by atoms with Gasteiger partial charge in [0.15, 0.2) is 5.78 Å². The van der Waals surface area contributed by atoms with E-state index in [0.29, 0.717) is 5.92 Å². The Labute approximate surface area is 112 Å². The Kier molecular flexibility index (Phi) is 4.64. The van der Waals surface area contributed by atoms with Gasteiger partial charge in [-0.05, 0) is 43.9 Å². The van der Waals surface area contributed by atoms with Crippen molar-refractivity contribution >= 4 is 5.78 Å². The van der Waals surface area contributed by atoms with Crippen molar-refractivity contribution in [3.63, 3.8) is 0 Å². The van der Waals surface area contributed by atoms with Gasteiger partial charge in [0.05, 0.1) is 12.1 Å². The fraction of sp³-hybridized carbons (Fsp3) is 0.533. The molecule has 0 heterocycles. The SMILES string of the molecule is CCCN(CC(=O)c1c(F)cccc1F)CC1CC1. The summed E-state index contributed by atoms with van der Waals surface area (Å²) in [5, 5.41) is 0. The molecule has 0 spiro atoms. The minimum absolute atomic E-state index is 0.0994. The lowest BCUT2D eigenvalue weighted by molar-refractivity contribution is 0.0919. The van der Waals surface area contributed by atoms with Crippen LogP contribution in [0.4, 0.5) is 8.78 Å². The molecule has 0 saturated heterocycles. The Morgan fingerprint density at radius 2 is 1.95 bits per heavy atom. The van der Waals surface area contributed by atoms with Crippen LogP contribution in [0.2, 0.25) is 0 Å². The maximum Gasteiger partial charge on any atom is 0.182 e. The van der Waals surface area contributed by atoms with Gasteiger partial charge in [0.2, 0.25) is 0 Å². The van der Waals surface area contributed by atoms with Crippen molar-refractivity contribution in [2.45, 2.75) is 26.2 Å². The van der Waals surface area contributed by atoms with Gasteiger partial charge in [0, 0.05) is 6.54 Å². The van der Waals surface area contributed by atoms with E-state index in [2.05, 4.69) is 0 Å². The highest BCUT2D eigenvalue weighted by Crippen LogP contribution is 2.29. The first-order valence-corrected chi connectivity index (χ1v) is 6.81. The number of nitrogens with zero attached hydrogens (tertiary/aromatic N) is 1. The molecule has 0 aromatic heterocycles. The normalized spacial score (nSPS) is 14.9. The van der Waals surface area contributed by atoms with Crippen LogP contribution in [-0.2, 0) is 0 Å². The summed E-state index contributed by atoms with van der Waals surface area (Å²) in [5.41, 5.74) is -0.403. The molecule has 1 fully saturated rings. The van der Waals surface area contributed by atoms with Crippen molar-refractivity contribution in [1.29, 1.82) is 0 Å². The van der Waals surface area contributed by atoms with Gasteiger partial charge in [-0.25, -0.2) is 8.78 Å². The Hall–Kier alpha value is -1.29. The molecule has 0 aliphatic heterocycles. The summed E-state index contributed by atoms with van der Waals surface area (Å²) >= 11 is 0. The molecule has 0 N–H and O–H groups in total. The number of rotatable bonds is 7. The molecule has 2 nitrogen and oxygen atoms in total. The van der Waals surface area contributed by atoms with Gasteiger partial charge >= 0.3 is 0 Å². The van der Waals surface area contributed by atoms with Gasteiger partial charge < -0.3 is 0 Å². The van der Waals surface area contributed by atoms with Crippen LogP contribution in [0.25, 0.3) is 0 Å². The number of Topliss-reactive ketones (excluding diaryl/α,β-unsaturated/α-hetero) is 1. The number of carbonyl (C=O) groups is 1. The molecule has 0 bridgehead atoms. The fourth-order valence-corrected chi connectivity index (χ4v) is 2.26. The van der Waals surface area contributed by atoms with E-state index in [1.807, 2.05) is 11.8 Å². The van der Waals surface area contributed by atoms with Gasteiger partial charge in [0.25, 0.3) is 0 Å². The Bertz CT molecular complexity index is 437. The number of hydrogen-bond acceptors (Lipinski definition) is 2. The van der Waals surface area contributed by atoms with Gasteiger partial charge in [-0.15, -0.1) is 0 Å². The van der Waals surface area contributed by atoms with Crippen LogP contribution in [0.3, 0.4) is 0 Å². The summed E-state index contributed by atoms with van der Waals surface area (Å²) in [6.45, 7) is 3.78. The highest BCUT2D eigenvalue weighted by Gasteiger charge is 2.26. The molecule has 0 unspecified atom stereocenters. The fourth-order valence-electron chi connectivity index (χ4n) is 2.26. The van der Waals surface area contributed by atoms with E-state index in [1.165, 1.54) is 18.9 Å². The monoisotopic (exact) mass is 267 g/mol. The first-order valence-electron chi connectivity index (χ1n) is 6.81. The molecule has 4 heteroatoms. The first kappa shape index (κ1) is 14.1. The summed E-state index contributed by atoms with van der Waals surface area (Å²) in [7, 11) is 0. The van der Waals surface area contributed by atoms with Crippen molar-refractivity contribution in [3.8, 4) is 0 Å². The number of carbonyl (C=O) groups excluding carboxylic acids is 1. The predicted molar refractivity (Wildman–Crippen MR) is 70.1 cm³/mol. The van der Waals surface area contributed by atoms with Crippen LogP contribution >= 0.6 is 0 Å². The summed E-state index contributed by atoms with van der Waals surface area (Å²) in [6, 6.07) is 3.53. The summed E-state index contributed by atoms with van der Waals surface area (Å²) in [5.74, 6) is -1.35. The van der Waals surface area contributed by atoms with Gasteiger partial charge in [0.1, 0.15) is 11.6 Å². The highest BCUT2D eigenvalue weighted by atomic mass is 19.1. The molecule has 0 radical (unpaired) electrons. The van der Waals surface area contributed by atoms with Crippen LogP contribution < -0.4 is 0 Å². The number of benzene rings is 1. The van der Waals surface area contributed by atoms with Crippen molar-refractivity contribution in [2.75, 3.05) is 19.6 Å². The maximum absolute atomic E-state index is 13.5. The summed E-state index contributed by atoms with van der Waals surface area (Å²) in [6.07, 6.45) is 3.32. The number of halogens is 2. The van der Waals surface area contributed by atoms with Crippen molar-refractivity contribution in [2.24, 2.45) is 5.92 Å². The predicted octanol–water partition coefficient (Wildman–Crippen LogP) is 3.27. The highest BCUT2D eigenvalue weighted by molar-refractivity contribution is 5.98. The number of hydrogen-bond donors (Lipinski definition) is 0. The molecule has 2 rings (SSSR count). The number of ketones is 1. The van der Waals surface area contributed by atoms with E-state index >= 15 is 0 Å². The van der Waals surface area contributed by atoms with E-state index in [-0.39, 0.29) is 6.54 Å². The lowest BCUT2D eigenvalue weighted by atomic mass is 10.1. The summed E-state index contributed by atoms with van der Waals surface area (Å²) < 4.78 is 27.1. The third-order valence-electron chi connectivity index (χ3n) is 3.36. The molecule has 1 aliphatic rings. The molecular formula is C15H19F2NO. The van der Waals surface area contributed by atoms with E-state index in [0.717, 1.165) is 31.6 Å². The van der Waals surface area contributed by atoms with Gasteiger partial charge in [-0.2, -0.15) is 0 Å². The molecule has 19 heavy (non-hydrogen) atoms. The van der Waals surface area contributed by atoms with E-state index in [9.17, 15) is 13.6 Å². The standard InChI is InChI=1S/C15H19F2NO/c1-2-8-18(9-11-6-7-11)10-14(19)15-12(16)4-3-5-13(15)17/h3-5,11H,2,6-10H2,1H3. The second-order valence-corrected chi connectivity index (χ2v) is 5.20. The third kappa shape index (κ3) is 3.83. The lowest BCUT2D eigenvalue weighted by Gasteiger charge is -2.20. The molecule has 104 valence electrons. The maximum atomic E-state index is 13.5. The molecule has 1 aromatic carbocycles. The zero-order valence-corrected chi connectivity index (χ0v) is 11.2.